The molecule has 0 fully saturated rings. The Morgan fingerprint density at radius 1 is 1.19 bits per heavy atom. The summed E-state index contributed by atoms with van der Waals surface area (Å²) in [6.07, 6.45) is 0. The van der Waals surface area contributed by atoms with Gasteiger partial charge >= 0.3 is 0 Å². The fraction of sp³-hybridized carbons (Fsp3) is 0.118. The number of hydrogen-bond acceptors (Lipinski definition) is 3. The number of rotatable bonds is 4. The van der Waals surface area contributed by atoms with Crippen molar-refractivity contribution < 1.29 is 13.6 Å². The van der Waals surface area contributed by atoms with E-state index in [0.29, 0.717) is 16.7 Å². The van der Waals surface area contributed by atoms with E-state index in [1.807, 2.05) is 31.2 Å². The molecule has 0 aliphatic carbocycles. The predicted molar refractivity (Wildman–Crippen MR) is 82.4 cm³/mol. The summed E-state index contributed by atoms with van der Waals surface area (Å²) in [5, 5.41) is 0.610. The molecule has 0 amide bonds. The van der Waals surface area contributed by atoms with Gasteiger partial charge in [0, 0.05) is 10.3 Å². The first-order valence-electron chi connectivity index (χ1n) is 6.54. The molecule has 21 heavy (non-hydrogen) atoms. The fourth-order valence-electron chi connectivity index (χ4n) is 2.08. The number of hydrogen-bond donors (Lipinski definition) is 0. The maximum Gasteiger partial charge on any atom is 0.208 e. The van der Waals surface area contributed by atoms with E-state index in [9.17, 15) is 9.18 Å². The summed E-state index contributed by atoms with van der Waals surface area (Å²) < 4.78 is 18.6. The quantitative estimate of drug-likeness (QED) is 0.509. The lowest BCUT2D eigenvalue weighted by Crippen LogP contribution is -2.00. The lowest BCUT2D eigenvalue weighted by atomic mass is 10.2. The number of furan rings is 1. The molecule has 0 saturated heterocycles. The maximum absolute atomic E-state index is 13.1. The van der Waals surface area contributed by atoms with Crippen LogP contribution in [0.25, 0.3) is 11.0 Å². The van der Waals surface area contributed by atoms with Gasteiger partial charge in [0.25, 0.3) is 0 Å². The number of Topliss-reactive ketones (excluding diaryl/α,β-unsaturated/α-hetero) is 1. The Bertz CT molecular complexity index is 807. The molecule has 0 unspecified atom stereocenters. The van der Waals surface area contributed by atoms with Crippen LogP contribution in [0.1, 0.15) is 16.1 Å². The maximum atomic E-state index is 13.1. The van der Waals surface area contributed by atoms with Gasteiger partial charge in [-0.05, 0) is 42.8 Å². The van der Waals surface area contributed by atoms with Crippen molar-refractivity contribution in [3.63, 3.8) is 0 Å². The molecule has 0 atom stereocenters. The van der Waals surface area contributed by atoms with E-state index in [1.165, 1.54) is 30.0 Å². The Balaban J connectivity index is 1.76. The van der Waals surface area contributed by atoms with Crippen molar-refractivity contribution in [2.24, 2.45) is 0 Å². The standard InChI is InChI=1S/C17H13FO2S/c1-11-4-2-3-5-17(11)21-10-14(19)16-9-12-8-13(18)6-7-15(12)20-16/h2-9H,10H2,1H3. The number of aryl methyl sites for hydroxylation is 1. The summed E-state index contributed by atoms with van der Waals surface area (Å²) in [7, 11) is 0. The largest absolute Gasteiger partial charge is 0.453 e. The van der Waals surface area contributed by atoms with E-state index in [2.05, 4.69) is 0 Å². The van der Waals surface area contributed by atoms with Gasteiger partial charge in [-0.2, -0.15) is 0 Å². The normalized spacial score (nSPS) is 11.0. The van der Waals surface area contributed by atoms with Crippen LogP contribution in [0.5, 0.6) is 0 Å². The number of halogens is 1. The summed E-state index contributed by atoms with van der Waals surface area (Å²) in [4.78, 5) is 13.3. The zero-order valence-corrected chi connectivity index (χ0v) is 12.2. The second-order valence-electron chi connectivity index (χ2n) is 4.77. The molecule has 4 heteroatoms. The van der Waals surface area contributed by atoms with Crippen molar-refractivity contribution in [3.05, 3.63) is 65.7 Å². The molecule has 2 nitrogen and oxygen atoms in total. The molecule has 0 aliphatic heterocycles. The van der Waals surface area contributed by atoms with Gasteiger partial charge in [0.2, 0.25) is 5.78 Å². The number of carbonyl (C=O) groups excluding carboxylic acids is 1. The van der Waals surface area contributed by atoms with E-state index in [4.69, 9.17) is 4.42 Å². The zero-order valence-electron chi connectivity index (χ0n) is 11.4. The van der Waals surface area contributed by atoms with Crippen LogP contribution in [0.2, 0.25) is 0 Å². The molecule has 0 saturated carbocycles. The minimum absolute atomic E-state index is 0.0974. The van der Waals surface area contributed by atoms with E-state index in [1.54, 1.807) is 6.07 Å². The average Bonchev–Trinajstić information content (AvgIpc) is 2.89. The summed E-state index contributed by atoms with van der Waals surface area (Å²) in [6, 6.07) is 13.7. The number of benzene rings is 2. The third-order valence-corrected chi connectivity index (χ3v) is 4.38. The number of ketones is 1. The molecular formula is C17H13FO2S. The van der Waals surface area contributed by atoms with Crippen molar-refractivity contribution in [3.8, 4) is 0 Å². The van der Waals surface area contributed by atoms with Crippen molar-refractivity contribution in [2.45, 2.75) is 11.8 Å². The molecule has 2 aromatic carbocycles. The van der Waals surface area contributed by atoms with Crippen molar-refractivity contribution in [1.82, 2.24) is 0 Å². The van der Waals surface area contributed by atoms with Gasteiger partial charge in [0.05, 0.1) is 5.75 Å². The van der Waals surface area contributed by atoms with Crippen LogP contribution in [0.3, 0.4) is 0 Å². The van der Waals surface area contributed by atoms with Crippen LogP contribution < -0.4 is 0 Å². The number of thioether (sulfide) groups is 1. The van der Waals surface area contributed by atoms with Gasteiger partial charge in [-0.15, -0.1) is 11.8 Å². The molecule has 1 heterocycles. The Hall–Kier alpha value is -2.07. The van der Waals surface area contributed by atoms with Crippen molar-refractivity contribution in [2.75, 3.05) is 5.75 Å². The third-order valence-electron chi connectivity index (χ3n) is 3.21. The minimum atomic E-state index is -0.336. The Morgan fingerprint density at radius 2 is 2.00 bits per heavy atom. The van der Waals surface area contributed by atoms with Crippen LogP contribution in [-0.4, -0.2) is 11.5 Å². The van der Waals surface area contributed by atoms with Crippen LogP contribution in [0.15, 0.2) is 57.8 Å². The van der Waals surface area contributed by atoms with E-state index >= 15 is 0 Å². The summed E-state index contributed by atoms with van der Waals surface area (Å²) >= 11 is 1.48. The molecule has 0 radical (unpaired) electrons. The fourth-order valence-corrected chi connectivity index (χ4v) is 2.98. The molecule has 0 N–H and O–H groups in total. The van der Waals surface area contributed by atoms with E-state index in [0.717, 1.165) is 10.5 Å². The third kappa shape index (κ3) is 3.00. The first-order valence-corrected chi connectivity index (χ1v) is 7.53. The molecule has 0 spiro atoms. The molecular weight excluding hydrogens is 287 g/mol. The summed E-state index contributed by atoms with van der Waals surface area (Å²) in [5.41, 5.74) is 1.67. The monoisotopic (exact) mass is 300 g/mol. The zero-order chi connectivity index (χ0) is 14.8. The highest BCUT2D eigenvalue weighted by atomic mass is 32.2. The van der Waals surface area contributed by atoms with Crippen molar-refractivity contribution >= 4 is 28.5 Å². The smallest absolute Gasteiger partial charge is 0.208 e. The highest BCUT2D eigenvalue weighted by Crippen LogP contribution is 2.25. The van der Waals surface area contributed by atoms with Gasteiger partial charge in [0.1, 0.15) is 11.4 Å². The van der Waals surface area contributed by atoms with Gasteiger partial charge in [0.15, 0.2) is 5.76 Å². The van der Waals surface area contributed by atoms with Crippen LogP contribution in [0.4, 0.5) is 4.39 Å². The van der Waals surface area contributed by atoms with Gasteiger partial charge < -0.3 is 4.42 Å². The molecule has 1 aromatic heterocycles. The highest BCUT2D eigenvalue weighted by Gasteiger charge is 2.13. The molecule has 106 valence electrons. The molecule has 3 rings (SSSR count). The Kier molecular flexibility index (Phi) is 3.80. The molecule has 0 bridgehead atoms. The average molecular weight is 300 g/mol. The predicted octanol–water partition coefficient (Wildman–Crippen LogP) is 4.86. The summed E-state index contributed by atoms with van der Waals surface area (Å²) in [6.45, 7) is 2.01. The van der Waals surface area contributed by atoms with Crippen LogP contribution in [-0.2, 0) is 0 Å². The van der Waals surface area contributed by atoms with E-state index in [-0.39, 0.29) is 17.4 Å². The van der Waals surface area contributed by atoms with Crippen LogP contribution in [0, 0.1) is 12.7 Å². The number of fused-ring (bicyclic) bond motifs is 1. The van der Waals surface area contributed by atoms with Crippen molar-refractivity contribution in [1.29, 1.82) is 0 Å². The molecule has 3 aromatic rings. The Morgan fingerprint density at radius 3 is 2.81 bits per heavy atom. The first-order chi connectivity index (χ1) is 10.1. The van der Waals surface area contributed by atoms with Gasteiger partial charge in [-0.3, -0.25) is 4.79 Å². The molecule has 0 aliphatic rings. The SMILES string of the molecule is Cc1ccccc1SCC(=O)c1cc2cc(F)ccc2o1. The van der Waals surface area contributed by atoms with Gasteiger partial charge in [-0.25, -0.2) is 4.39 Å². The highest BCUT2D eigenvalue weighted by molar-refractivity contribution is 8.00. The van der Waals surface area contributed by atoms with Crippen LogP contribution >= 0.6 is 11.8 Å². The second-order valence-corrected chi connectivity index (χ2v) is 5.79. The topological polar surface area (TPSA) is 30.2 Å². The number of carbonyl (C=O) groups is 1. The first kappa shape index (κ1) is 13.9. The Labute approximate surface area is 126 Å². The van der Waals surface area contributed by atoms with Gasteiger partial charge in [-0.1, -0.05) is 18.2 Å². The minimum Gasteiger partial charge on any atom is -0.453 e. The lowest BCUT2D eigenvalue weighted by Gasteiger charge is -2.03. The van der Waals surface area contributed by atoms with E-state index < -0.39 is 0 Å². The lowest BCUT2D eigenvalue weighted by molar-refractivity contribution is 0.0994. The summed E-state index contributed by atoms with van der Waals surface area (Å²) in [5.74, 6) is 0.140. The second kappa shape index (κ2) is 5.74.